The standard InChI is InChI=1S/C25H23F3N4O2/c26-25(27,28)34-23-9-8-16(15-4-3-5-18(30)10-15)12-21(23)24(33)32-19(13-29)11-17-14-31-22-7-2-1-6-20(17)22/h1-10,12,14,19,31H,11,13,29-30H2,(H,32,33). The highest BCUT2D eigenvalue weighted by Gasteiger charge is 2.33. The molecule has 0 fully saturated rings. The maximum absolute atomic E-state index is 13.1. The van der Waals surface area contributed by atoms with Crippen molar-refractivity contribution in [2.45, 2.75) is 18.8 Å². The fraction of sp³-hybridized carbons (Fsp3) is 0.160. The highest BCUT2D eigenvalue weighted by Crippen LogP contribution is 2.31. The van der Waals surface area contributed by atoms with Gasteiger partial charge < -0.3 is 26.5 Å². The summed E-state index contributed by atoms with van der Waals surface area (Å²) in [4.78, 5) is 16.3. The first kappa shape index (κ1) is 23.2. The molecule has 1 unspecified atom stereocenters. The summed E-state index contributed by atoms with van der Waals surface area (Å²) < 4.78 is 43.1. The number of aromatic amines is 1. The Kier molecular flexibility index (Phi) is 6.47. The SMILES string of the molecule is NCC(Cc1c[nH]c2ccccc12)NC(=O)c1cc(-c2cccc(N)c2)ccc1OC(F)(F)F. The second-order valence-electron chi connectivity index (χ2n) is 7.85. The summed E-state index contributed by atoms with van der Waals surface area (Å²) in [7, 11) is 0. The number of hydrogen-bond donors (Lipinski definition) is 4. The maximum atomic E-state index is 13.1. The van der Waals surface area contributed by atoms with Crippen LogP contribution in [0.1, 0.15) is 15.9 Å². The van der Waals surface area contributed by atoms with Gasteiger partial charge in [0, 0.05) is 35.4 Å². The molecule has 4 aromatic rings. The Morgan fingerprint density at radius 3 is 2.53 bits per heavy atom. The molecule has 1 heterocycles. The number of carbonyl (C=O) groups excluding carboxylic acids is 1. The van der Waals surface area contributed by atoms with E-state index in [0.717, 1.165) is 22.5 Å². The average Bonchev–Trinajstić information content (AvgIpc) is 3.20. The smallest absolute Gasteiger partial charge is 0.405 e. The van der Waals surface area contributed by atoms with Gasteiger partial charge in [-0.2, -0.15) is 0 Å². The Morgan fingerprint density at radius 1 is 1.03 bits per heavy atom. The molecule has 0 radical (unpaired) electrons. The van der Waals surface area contributed by atoms with Gasteiger partial charge in [0.2, 0.25) is 0 Å². The molecule has 0 saturated carbocycles. The van der Waals surface area contributed by atoms with Crippen LogP contribution in [-0.2, 0) is 6.42 Å². The number of rotatable bonds is 7. The number of halogens is 3. The molecule has 0 saturated heterocycles. The molecule has 6 N–H and O–H groups in total. The van der Waals surface area contributed by atoms with E-state index >= 15 is 0 Å². The van der Waals surface area contributed by atoms with Gasteiger partial charge in [-0.1, -0.05) is 36.4 Å². The maximum Gasteiger partial charge on any atom is 0.573 e. The van der Waals surface area contributed by atoms with Crippen LogP contribution in [-0.4, -0.2) is 29.8 Å². The zero-order chi connectivity index (χ0) is 24.3. The Labute approximate surface area is 193 Å². The quantitative estimate of drug-likeness (QED) is 0.297. The average molecular weight is 468 g/mol. The zero-order valence-electron chi connectivity index (χ0n) is 18.0. The van der Waals surface area contributed by atoms with Crippen molar-refractivity contribution in [2.75, 3.05) is 12.3 Å². The van der Waals surface area contributed by atoms with E-state index in [2.05, 4.69) is 15.0 Å². The molecular formula is C25H23F3N4O2. The normalized spacial score (nSPS) is 12.5. The van der Waals surface area contributed by atoms with Gasteiger partial charge in [-0.05, 0) is 53.4 Å². The third-order valence-electron chi connectivity index (χ3n) is 5.43. The third-order valence-corrected chi connectivity index (χ3v) is 5.43. The molecule has 9 heteroatoms. The van der Waals surface area contributed by atoms with Gasteiger partial charge in [-0.3, -0.25) is 4.79 Å². The lowest BCUT2D eigenvalue weighted by atomic mass is 10.0. The number of nitrogens with one attached hydrogen (secondary N) is 2. The molecule has 4 rings (SSSR count). The van der Waals surface area contributed by atoms with Crippen molar-refractivity contribution in [3.63, 3.8) is 0 Å². The number of alkyl halides is 3. The molecule has 176 valence electrons. The third kappa shape index (κ3) is 5.32. The van der Waals surface area contributed by atoms with Crippen LogP contribution in [0.25, 0.3) is 22.0 Å². The lowest BCUT2D eigenvalue weighted by molar-refractivity contribution is -0.274. The largest absolute Gasteiger partial charge is 0.573 e. The lowest BCUT2D eigenvalue weighted by Crippen LogP contribution is -2.42. The zero-order valence-corrected chi connectivity index (χ0v) is 18.0. The topological polar surface area (TPSA) is 106 Å². The number of nitrogen functional groups attached to an aromatic ring is 1. The number of para-hydroxylation sites is 1. The minimum atomic E-state index is -4.95. The van der Waals surface area contributed by atoms with Crippen LogP contribution in [0.3, 0.4) is 0 Å². The van der Waals surface area contributed by atoms with Crippen LogP contribution >= 0.6 is 0 Å². The van der Waals surface area contributed by atoms with E-state index < -0.39 is 24.1 Å². The van der Waals surface area contributed by atoms with Crippen molar-refractivity contribution in [1.29, 1.82) is 0 Å². The Bertz CT molecular complexity index is 1320. The molecule has 0 aliphatic rings. The molecule has 1 amide bonds. The summed E-state index contributed by atoms with van der Waals surface area (Å²) in [5.41, 5.74) is 15.0. The molecule has 34 heavy (non-hydrogen) atoms. The lowest BCUT2D eigenvalue weighted by Gasteiger charge is -2.19. The van der Waals surface area contributed by atoms with Gasteiger partial charge in [-0.25, -0.2) is 0 Å². The molecule has 1 atom stereocenters. The first-order chi connectivity index (χ1) is 16.2. The van der Waals surface area contributed by atoms with E-state index in [1.165, 1.54) is 12.1 Å². The fourth-order valence-electron chi connectivity index (χ4n) is 3.84. The van der Waals surface area contributed by atoms with Crippen molar-refractivity contribution >= 4 is 22.5 Å². The Morgan fingerprint density at radius 2 is 1.79 bits per heavy atom. The van der Waals surface area contributed by atoms with Crippen LogP contribution in [0.5, 0.6) is 5.75 Å². The fourth-order valence-corrected chi connectivity index (χ4v) is 3.84. The van der Waals surface area contributed by atoms with E-state index in [4.69, 9.17) is 11.5 Å². The minimum Gasteiger partial charge on any atom is -0.405 e. The van der Waals surface area contributed by atoms with Crippen LogP contribution in [0.15, 0.2) is 72.9 Å². The molecule has 3 aromatic carbocycles. The number of hydrogen-bond acceptors (Lipinski definition) is 4. The minimum absolute atomic E-state index is 0.0929. The molecule has 1 aromatic heterocycles. The van der Waals surface area contributed by atoms with Crippen molar-refractivity contribution in [3.05, 3.63) is 84.1 Å². The summed E-state index contributed by atoms with van der Waals surface area (Å²) >= 11 is 0. The van der Waals surface area contributed by atoms with Gasteiger partial charge in [0.25, 0.3) is 5.91 Å². The van der Waals surface area contributed by atoms with Crippen LogP contribution in [0, 0.1) is 0 Å². The van der Waals surface area contributed by atoms with Gasteiger partial charge in [-0.15, -0.1) is 13.2 Å². The molecule has 6 nitrogen and oxygen atoms in total. The molecule has 0 spiro atoms. The number of ether oxygens (including phenoxy) is 1. The van der Waals surface area contributed by atoms with Crippen LogP contribution in [0.2, 0.25) is 0 Å². The van der Waals surface area contributed by atoms with Gasteiger partial charge in [0.15, 0.2) is 0 Å². The second kappa shape index (κ2) is 9.48. The van der Waals surface area contributed by atoms with E-state index in [-0.39, 0.29) is 12.1 Å². The van der Waals surface area contributed by atoms with E-state index in [0.29, 0.717) is 23.2 Å². The van der Waals surface area contributed by atoms with E-state index in [1.54, 1.807) is 24.3 Å². The summed E-state index contributed by atoms with van der Waals surface area (Å²) in [5, 5.41) is 3.74. The summed E-state index contributed by atoms with van der Waals surface area (Å²) in [6.45, 7) is 0.0929. The van der Waals surface area contributed by atoms with Crippen molar-refractivity contribution in [2.24, 2.45) is 5.73 Å². The van der Waals surface area contributed by atoms with Gasteiger partial charge >= 0.3 is 6.36 Å². The molecule has 0 aliphatic heterocycles. The van der Waals surface area contributed by atoms with E-state index in [1.807, 2.05) is 30.5 Å². The monoisotopic (exact) mass is 468 g/mol. The number of amides is 1. The molecular weight excluding hydrogens is 445 g/mol. The van der Waals surface area contributed by atoms with Gasteiger partial charge in [0.05, 0.1) is 5.56 Å². The number of benzene rings is 3. The van der Waals surface area contributed by atoms with Crippen molar-refractivity contribution < 1.29 is 22.7 Å². The molecule has 0 bridgehead atoms. The summed E-state index contributed by atoms with van der Waals surface area (Å²) in [6.07, 6.45) is -2.72. The summed E-state index contributed by atoms with van der Waals surface area (Å²) in [6, 6.07) is 17.9. The highest BCUT2D eigenvalue weighted by molar-refractivity contribution is 5.98. The Balaban J connectivity index is 1.63. The molecule has 0 aliphatic carbocycles. The number of fused-ring (bicyclic) bond motifs is 1. The van der Waals surface area contributed by atoms with Crippen LogP contribution < -0.4 is 21.5 Å². The first-order valence-electron chi connectivity index (χ1n) is 10.5. The number of nitrogens with two attached hydrogens (primary N) is 2. The van der Waals surface area contributed by atoms with Gasteiger partial charge in [0.1, 0.15) is 5.75 Å². The predicted octanol–water partition coefficient (Wildman–Crippen LogP) is 4.62. The summed E-state index contributed by atoms with van der Waals surface area (Å²) in [5.74, 6) is -1.32. The predicted molar refractivity (Wildman–Crippen MR) is 125 cm³/mol. The van der Waals surface area contributed by atoms with Crippen molar-refractivity contribution in [3.8, 4) is 16.9 Å². The number of carbonyl (C=O) groups is 1. The first-order valence-corrected chi connectivity index (χ1v) is 10.5. The van der Waals surface area contributed by atoms with E-state index in [9.17, 15) is 18.0 Å². The van der Waals surface area contributed by atoms with Crippen LogP contribution in [0.4, 0.5) is 18.9 Å². The number of aromatic nitrogens is 1. The number of H-pyrrole nitrogens is 1. The van der Waals surface area contributed by atoms with Crippen molar-refractivity contribution in [1.82, 2.24) is 10.3 Å². The second-order valence-corrected chi connectivity index (χ2v) is 7.85. The number of anilines is 1. The highest BCUT2D eigenvalue weighted by atomic mass is 19.4. The Hall–Kier alpha value is -3.98.